The highest BCUT2D eigenvalue weighted by Gasteiger charge is 2.45. The van der Waals surface area contributed by atoms with Gasteiger partial charge in [0.25, 0.3) is 5.69 Å². The van der Waals surface area contributed by atoms with E-state index in [0.717, 1.165) is 0 Å². The number of halogens is 3. The highest BCUT2D eigenvalue weighted by Crippen LogP contribution is 2.36. The molecule has 8 nitrogen and oxygen atoms in total. The molecular formula is C14H15F3N2O6S. The second kappa shape index (κ2) is 6.83. The molecule has 26 heavy (non-hydrogen) atoms. The first kappa shape index (κ1) is 20.1. The molecular weight excluding hydrogens is 381 g/mol. The van der Waals surface area contributed by atoms with Crippen LogP contribution in [0.3, 0.4) is 0 Å². The molecule has 0 heterocycles. The van der Waals surface area contributed by atoms with Crippen LogP contribution in [0.2, 0.25) is 0 Å². The maximum Gasteiger partial charge on any atom is 0.416 e. The summed E-state index contributed by atoms with van der Waals surface area (Å²) in [6.07, 6.45) is -3.36. The number of alkyl halides is 3. The zero-order chi connectivity index (χ0) is 19.8. The van der Waals surface area contributed by atoms with Crippen LogP contribution in [-0.2, 0) is 21.0 Å². The number of aliphatic carboxylic acids is 1. The van der Waals surface area contributed by atoms with Crippen LogP contribution in [0.4, 0.5) is 18.9 Å². The van der Waals surface area contributed by atoms with E-state index < -0.39 is 48.8 Å². The molecule has 1 saturated carbocycles. The maximum atomic E-state index is 12.7. The zero-order valence-corrected chi connectivity index (χ0v) is 14.1. The van der Waals surface area contributed by atoms with Gasteiger partial charge in [-0.1, -0.05) is 19.3 Å². The average molecular weight is 396 g/mol. The van der Waals surface area contributed by atoms with Crippen molar-refractivity contribution in [2.45, 2.75) is 48.7 Å². The summed E-state index contributed by atoms with van der Waals surface area (Å²) in [5.74, 6) is -1.43. The summed E-state index contributed by atoms with van der Waals surface area (Å²) in [6, 6.07) is 0.973. The fourth-order valence-corrected chi connectivity index (χ4v) is 4.46. The van der Waals surface area contributed by atoms with E-state index in [1.165, 1.54) is 0 Å². The first-order valence-corrected chi connectivity index (χ1v) is 9.00. The van der Waals surface area contributed by atoms with Gasteiger partial charge in [-0.05, 0) is 25.0 Å². The van der Waals surface area contributed by atoms with E-state index in [-0.39, 0.29) is 18.9 Å². The number of hydrogen-bond acceptors (Lipinski definition) is 5. The van der Waals surface area contributed by atoms with Crippen molar-refractivity contribution >= 4 is 21.7 Å². The van der Waals surface area contributed by atoms with E-state index in [2.05, 4.69) is 0 Å². The summed E-state index contributed by atoms with van der Waals surface area (Å²) in [6.45, 7) is 0. The molecule has 0 amide bonds. The Morgan fingerprint density at radius 2 is 1.81 bits per heavy atom. The number of sulfonamides is 1. The summed E-state index contributed by atoms with van der Waals surface area (Å²) in [5.41, 5.74) is -4.49. The zero-order valence-electron chi connectivity index (χ0n) is 13.2. The summed E-state index contributed by atoms with van der Waals surface area (Å²) < 4.78 is 65.2. The molecule has 12 heteroatoms. The van der Waals surface area contributed by atoms with Gasteiger partial charge >= 0.3 is 12.1 Å². The lowest BCUT2D eigenvalue weighted by Crippen LogP contribution is -2.55. The van der Waals surface area contributed by atoms with E-state index in [1.807, 2.05) is 4.72 Å². The van der Waals surface area contributed by atoms with Crippen molar-refractivity contribution in [3.05, 3.63) is 33.9 Å². The summed E-state index contributed by atoms with van der Waals surface area (Å²) in [5, 5.41) is 20.5. The number of hydrogen-bond donors (Lipinski definition) is 2. The fraction of sp³-hybridized carbons (Fsp3) is 0.500. The van der Waals surface area contributed by atoms with Gasteiger partial charge in [0.1, 0.15) is 5.54 Å². The van der Waals surface area contributed by atoms with Crippen molar-refractivity contribution in [1.29, 1.82) is 0 Å². The van der Waals surface area contributed by atoms with E-state index in [4.69, 9.17) is 0 Å². The molecule has 1 aromatic carbocycles. The van der Waals surface area contributed by atoms with Crippen LogP contribution >= 0.6 is 0 Å². The van der Waals surface area contributed by atoms with E-state index in [0.29, 0.717) is 31.4 Å². The Bertz CT molecular complexity index is 832. The van der Waals surface area contributed by atoms with Crippen LogP contribution < -0.4 is 4.72 Å². The molecule has 0 radical (unpaired) electrons. The highest BCUT2D eigenvalue weighted by atomic mass is 32.2. The molecule has 0 bridgehead atoms. The maximum absolute atomic E-state index is 12.7. The Labute approximate surface area is 146 Å². The van der Waals surface area contributed by atoms with Crippen LogP contribution in [0.25, 0.3) is 0 Å². The molecule has 2 rings (SSSR count). The van der Waals surface area contributed by atoms with Gasteiger partial charge in [-0.2, -0.15) is 17.9 Å². The molecule has 1 fully saturated rings. The second-order valence-corrected chi connectivity index (χ2v) is 7.64. The van der Waals surface area contributed by atoms with Crippen molar-refractivity contribution in [2.75, 3.05) is 0 Å². The van der Waals surface area contributed by atoms with Crippen molar-refractivity contribution in [3.63, 3.8) is 0 Å². The van der Waals surface area contributed by atoms with Gasteiger partial charge in [0.05, 0.1) is 10.5 Å². The number of nitrogens with zero attached hydrogens (tertiary/aromatic N) is 1. The number of rotatable bonds is 5. The van der Waals surface area contributed by atoms with Crippen LogP contribution in [0.1, 0.15) is 37.7 Å². The third-order valence-corrected chi connectivity index (χ3v) is 5.80. The first-order chi connectivity index (χ1) is 11.9. The molecule has 1 aliphatic carbocycles. The minimum atomic E-state index is -4.90. The van der Waals surface area contributed by atoms with Gasteiger partial charge in [0.15, 0.2) is 4.90 Å². The highest BCUT2D eigenvalue weighted by molar-refractivity contribution is 7.89. The predicted molar refractivity (Wildman–Crippen MR) is 81.9 cm³/mol. The number of benzene rings is 1. The third-order valence-electron chi connectivity index (χ3n) is 4.22. The average Bonchev–Trinajstić information content (AvgIpc) is 2.53. The van der Waals surface area contributed by atoms with E-state index >= 15 is 0 Å². The van der Waals surface area contributed by atoms with Gasteiger partial charge in [0, 0.05) is 6.07 Å². The summed E-state index contributed by atoms with van der Waals surface area (Å²) >= 11 is 0. The van der Waals surface area contributed by atoms with Crippen LogP contribution in [0, 0.1) is 10.1 Å². The molecule has 0 spiro atoms. The molecule has 2 N–H and O–H groups in total. The number of nitro groups is 1. The monoisotopic (exact) mass is 396 g/mol. The Morgan fingerprint density at radius 1 is 1.23 bits per heavy atom. The Balaban J connectivity index is 2.51. The van der Waals surface area contributed by atoms with Gasteiger partial charge in [0.2, 0.25) is 10.0 Å². The van der Waals surface area contributed by atoms with Crippen LogP contribution in [0.5, 0.6) is 0 Å². The molecule has 1 aliphatic rings. The van der Waals surface area contributed by atoms with Crippen molar-refractivity contribution in [3.8, 4) is 0 Å². The number of nitro benzene ring substituents is 1. The van der Waals surface area contributed by atoms with E-state index in [1.54, 1.807) is 0 Å². The number of carboxylic acid groups (broad SMARTS) is 1. The fourth-order valence-electron chi connectivity index (χ4n) is 2.89. The SMILES string of the molecule is O=C(O)C1(NS(=O)(=O)c2ccc(C(F)(F)F)cc2[N+](=O)[O-])CCCCC1. The Hall–Kier alpha value is -2.21. The quantitative estimate of drug-likeness (QED) is 0.582. The lowest BCUT2D eigenvalue weighted by atomic mass is 9.83. The first-order valence-electron chi connectivity index (χ1n) is 7.52. The molecule has 0 unspecified atom stereocenters. The molecule has 0 aromatic heterocycles. The third kappa shape index (κ3) is 3.96. The smallest absolute Gasteiger partial charge is 0.416 e. The summed E-state index contributed by atoms with van der Waals surface area (Å²) in [7, 11) is -4.74. The van der Waals surface area contributed by atoms with Crippen molar-refractivity contribution in [1.82, 2.24) is 4.72 Å². The molecule has 0 atom stereocenters. The minimum Gasteiger partial charge on any atom is -0.480 e. The standard InChI is InChI=1S/C14H15F3N2O6S/c15-14(16,17)9-4-5-11(10(8-9)19(22)23)26(24,25)18-13(12(20)21)6-2-1-3-7-13/h4-5,8,18H,1-3,6-7H2,(H,20,21). The molecule has 0 saturated heterocycles. The van der Waals surface area contributed by atoms with Gasteiger partial charge in [-0.15, -0.1) is 0 Å². The number of carboxylic acids is 1. The Morgan fingerprint density at radius 3 is 2.27 bits per heavy atom. The normalized spacial score (nSPS) is 17.7. The lowest BCUT2D eigenvalue weighted by Gasteiger charge is -2.33. The second-order valence-electron chi connectivity index (χ2n) is 5.99. The predicted octanol–water partition coefficient (Wildman–Crippen LogP) is 2.68. The topological polar surface area (TPSA) is 127 Å². The molecule has 0 aliphatic heterocycles. The molecule has 144 valence electrons. The van der Waals surface area contributed by atoms with Crippen LogP contribution in [0.15, 0.2) is 23.1 Å². The van der Waals surface area contributed by atoms with Crippen molar-refractivity contribution < 1.29 is 36.4 Å². The van der Waals surface area contributed by atoms with Gasteiger partial charge in [-0.3, -0.25) is 14.9 Å². The van der Waals surface area contributed by atoms with Gasteiger partial charge < -0.3 is 5.11 Å². The van der Waals surface area contributed by atoms with E-state index in [9.17, 15) is 41.6 Å². The number of carbonyl (C=O) groups is 1. The van der Waals surface area contributed by atoms with Gasteiger partial charge in [-0.25, -0.2) is 8.42 Å². The van der Waals surface area contributed by atoms with Crippen molar-refractivity contribution in [2.24, 2.45) is 0 Å². The Kier molecular flexibility index (Phi) is 5.29. The minimum absolute atomic E-state index is 0.0179. The molecule has 1 aromatic rings. The summed E-state index contributed by atoms with van der Waals surface area (Å²) in [4.78, 5) is 20.4. The lowest BCUT2D eigenvalue weighted by molar-refractivity contribution is -0.388. The van der Waals surface area contributed by atoms with Crippen LogP contribution in [-0.4, -0.2) is 30.0 Å². The largest absolute Gasteiger partial charge is 0.480 e. The number of nitrogens with one attached hydrogen (secondary N) is 1.